The zero-order valence-electron chi connectivity index (χ0n) is 21.5. The van der Waals surface area contributed by atoms with E-state index in [1.807, 2.05) is 0 Å². The standard InChI is InChI=1S/C28H17F7N2O5S/c1-42-20-8-2-13(3-9-22(38)39)10-17(20)25(40)37-23-16-6-4-14(27(30,31)32)11-21(16)43-24(23)26(41)36-15-5-7-19(29)18(12-15)28(33,34)35/h2-12H,1H3,(H,36,41)(H,37,40)(H,38,39)/b9-3+. The lowest BCUT2D eigenvalue weighted by molar-refractivity contribution is -0.140. The van der Waals surface area contributed by atoms with Gasteiger partial charge in [-0.2, -0.15) is 26.3 Å². The van der Waals surface area contributed by atoms with E-state index in [-0.39, 0.29) is 37.5 Å². The number of aliphatic carboxylic acids is 1. The lowest BCUT2D eigenvalue weighted by Gasteiger charge is -2.13. The molecule has 0 radical (unpaired) electrons. The summed E-state index contributed by atoms with van der Waals surface area (Å²) in [7, 11) is 1.24. The van der Waals surface area contributed by atoms with Gasteiger partial charge in [0.1, 0.15) is 16.4 Å². The van der Waals surface area contributed by atoms with E-state index in [1.165, 1.54) is 31.4 Å². The molecule has 4 rings (SSSR count). The Hall–Kier alpha value is -4.92. The molecule has 2 amide bonds. The quantitative estimate of drug-likeness (QED) is 0.144. The molecule has 0 unspecified atom stereocenters. The highest BCUT2D eigenvalue weighted by molar-refractivity contribution is 7.21. The van der Waals surface area contributed by atoms with Gasteiger partial charge in [0.2, 0.25) is 0 Å². The Kier molecular flexibility index (Phi) is 8.48. The van der Waals surface area contributed by atoms with E-state index < -0.39 is 52.8 Å². The first-order valence-electron chi connectivity index (χ1n) is 11.8. The maximum absolute atomic E-state index is 13.7. The topological polar surface area (TPSA) is 105 Å². The molecule has 0 aliphatic heterocycles. The molecule has 0 saturated heterocycles. The van der Waals surface area contributed by atoms with Gasteiger partial charge in [-0.25, -0.2) is 9.18 Å². The van der Waals surface area contributed by atoms with E-state index in [0.717, 1.165) is 30.3 Å². The number of methoxy groups -OCH3 is 1. The third-order valence-electron chi connectivity index (χ3n) is 5.88. The molecule has 0 aliphatic rings. The van der Waals surface area contributed by atoms with Gasteiger partial charge in [0.15, 0.2) is 0 Å². The molecule has 1 heterocycles. The highest BCUT2D eigenvalue weighted by Crippen LogP contribution is 2.41. The molecule has 7 nitrogen and oxygen atoms in total. The minimum absolute atomic E-state index is 0.00693. The number of rotatable bonds is 7. The summed E-state index contributed by atoms with van der Waals surface area (Å²) in [5.41, 5.74) is -3.31. The maximum Gasteiger partial charge on any atom is 0.419 e. The van der Waals surface area contributed by atoms with Gasteiger partial charge in [-0.1, -0.05) is 12.1 Å². The molecule has 3 aromatic carbocycles. The number of hydrogen-bond donors (Lipinski definition) is 3. The van der Waals surface area contributed by atoms with Crippen LogP contribution in [0.25, 0.3) is 16.2 Å². The molecular weight excluding hydrogens is 609 g/mol. The number of carboxylic acid groups (broad SMARTS) is 1. The number of nitrogens with one attached hydrogen (secondary N) is 2. The molecule has 3 N–H and O–H groups in total. The van der Waals surface area contributed by atoms with Gasteiger partial charge in [0, 0.05) is 21.8 Å². The van der Waals surface area contributed by atoms with Gasteiger partial charge in [-0.05, 0) is 54.1 Å². The molecule has 43 heavy (non-hydrogen) atoms. The number of benzene rings is 3. The summed E-state index contributed by atoms with van der Waals surface area (Å²) in [6.07, 6.45) is -7.82. The number of hydrogen-bond acceptors (Lipinski definition) is 5. The number of fused-ring (bicyclic) bond motifs is 1. The highest BCUT2D eigenvalue weighted by atomic mass is 32.1. The average molecular weight is 627 g/mol. The van der Waals surface area contributed by atoms with Crippen LogP contribution in [-0.2, 0) is 17.1 Å². The van der Waals surface area contributed by atoms with Crippen LogP contribution < -0.4 is 15.4 Å². The fourth-order valence-corrected chi connectivity index (χ4v) is 5.01. The number of carboxylic acids is 1. The highest BCUT2D eigenvalue weighted by Gasteiger charge is 2.35. The first kappa shape index (κ1) is 31.0. The van der Waals surface area contributed by atoms with Crippen molar-refractivity contribution >= 4 is 56.7 Å². The van der Waals surface area contributed by atoms with Crippen molar-refractivity contribution in [2.24, 2.45) is 0 Å². The summed E-state index contributed by atoms with van der Waals surface area (Å²) in [5, 5.41) is 13.5. The summed E-state index contributed by atoms with van der Waals surface area (Å²) in [6, 6.07) is 8.25. The molecule has 4 aromatic rings. The van der Waals surface area contributed by atoms with Gasteiger partial charge < -0.3 is 20.5 Å². The summed E-state index contributed by atoms with van der Waals surface area (Å²) in [4.78, 5) is 37.1. The fourth-order valence-electron chi connectivity index (χ4n) is 3.92. The second-order valence-electron chi connectivity index (χ2n) is 8.75. The summed E-state index contributed by atoms with van der Waals surface area (Å²) in [5.74, 6) is -4.83. The molecule has 15 heteroatoms. The Morgan fingerprint density at radius 3 is 2.23 bits per heavy atom. The summed E-state index contributed by atoms with van der Waals surface area (Å²) < 4.78 is 98.5. The van der Waals surface area contributed by atoms with Crippen LogP contribution in [0, 0.1) is 5.82 Å². The Labute approximate surface area is 241 Å². The number of alkyl halides is 6. The maximum atomic E-state index is 13.7. The Morgan fingerprint density at radius 2 is 1.60 bits per heavy atom. The molecule has 0 atom stereocenters. The van der Waals surface area contributed by atoms with E-state index in [9.17, 15) is 45.1 Å². The number of amides is 2. The van der Waals surface area contributed by atoms with Crippen LogP contribution in [-0.4, -0.2) is 30.0 Å². The molecule has 0 fully saturated rings. The molecule has 0 aliphatic carbocycles. The fraction of sp³-hybridized carbons (Fsp3) is 0.107. The average Bonchev–Trinajstić information content (AvgIpc) is 3.29. The van der Waals surface area contributed by atoms with Crippen molar-refractivity contribution in [3.05, 3.63) is 93.6 Å². The van der Waals surface area contributed by atoms with Crippen LogP contribution in [0.3, 0.4) is 0 Å². The van der Waals surface area contributed by atoms with E-state index in [4.69, 9.17) is 9.84 Å². The largest absolute Gasteiger partial charge is 0.496 e. The van der Waals surface area contributed by atoms with E-state index >= 15 is 0 Å². The Bertz CT molecular complexity index is 1780. The zero-order valence-corrected chi connectivity index (χ0v) is 22.3. The van der Waals surface area contributed by atoms with Crippen LogP contribution in [0.15, 0.2) is 60.7 Å². The van der Waals surface area contributed by atoms with Crippen molar-refractivity contribution < 1.29 is 55.0 Å². The smallest absolute Gasteiger partial charge is 0.419 e. The van der Waals surface area contributed by atoms with Gasteiger partial charge in [0.05, 0.1) is 29.5 Å². The molecule has 0 saturated carbocycles. The van der Waals surface area contributed by atoms with Crippen molar-refractivity contribution in [1.82, 2.24) is 0 Å². The van der Waals surface area contributed by atoms with E-state index in [1.54, 1.807) is 0 Å². The molecule has 0 bridgehead atoms. The molecule has 0 spiro atoms. The van der Waals surface area contributed by atoms with Crippen molar-refractivity contribution in [3.63, 3.8) is 0 Å². The minimum atomic E-state index is -5.08. The van der Waals surface area contributed by atoms with Gasteiger partial charge >= 0.3 is 18.3 Å². The molecular formula is C28H17F7N2O5S. The van der Waals surface area contributed by atoms with Crippen molar-refractivity contribution in [3.8, 4) is 5.75 Å². The van der Waals surface area contributed by atoms with Crippen molar-refractivity contribution in [1.29, 1.82) is 0 Å². The molecule has 1 aromatic heterocycles. The second kappa shape index (κ2) is 11.8. The molecule has 224 valence electrons. The first-order valence-corrected chi connectivity index (χ1v) is 12.6. The van der Waals surface area contributed by atoms with E-state index in [0.29, 0.717) is 23.5 Å². The van der Waals surface area contributed by atoms with Crippen LogP contribution in [0.5, 0.6) is 5.75 Å². The second-order valence-corrected chi connectivity index (χ2v) is 9.80. The van der Waals surface area contributed by atoms with Crippen LogP contribution in [0.1, 0.15) is 36.7 Å². The van der Waals surface area contributed by atoms with E-state index in [2.05, 4.69) is 10.6 Å². The van der Waals surface area contributed by atoms with Crippen LogP contribution >= 0.6 is 11.3 Å². The normalized spacial score (nSPS) is 12.0. The lowest BCUT2D eigenvalue weighted by Crippen LogP contribution is -2.18. The Balaban J connectivity index is 1.79. The first-order chi connectivity index (χ1) is 20.1. The van der Waals surface area contributed by atoms with Crippen LogP contribution in [0.2, 0.25) is 0 Å². The number of thiophene rings is 1. The number of carbonyl (C=O) groups excluding carboxylic acids is 2. The van der Waals surface area contributed by atoms with Crippen molar-refractivity contribution in [2.45, 2.75) is 12.4 Å². The SMILES string of the molecule is COc1ccc(/C=C/C(=O)O)cc1C(=O)Nc1c(C(=O)Nc2ccc(F)c(C(F)(F)F)c2)sc2cc(C(F)(F)F)ccc12. The lowest BCUT2D eigenvalue weighted by atomic mass is 10.1. The Morgan fingerprint density at radius 1 is 0.884 bits per heavy atom. The third kappa shape index (κ3) is 6.94. The number of carbonyl (C=O) groups is 3. The van der Waals surface area contributed by atoms with Gasteiger partial charge in [0.25, 0.3) is 11.8 Å². The number of ether oxygens (including phenoxy) is 1. The number of anilines is 2. The third-order valence-corrected chi connectivity index (χ3v) is 7.03. The predicted octanol–water partition coefficient (Wildman–Crippen LogP) is 7.69. The van der Waals surface area contributed by atoms with Gasteiger partial charge in [-0.15, -0.1) is 11.3 Å². The summed E-state index contributed by atoms with van der Waals surface area (Å²) >= 11 is 0.525. The number of halogens is 7. The monoisotopic (exact) mass is 626 g/mol. The minimum Gasteiger partial charge on any atom is -0.496 e. The zero-order chi connectivity index (χ0) is 31.7. The van der Waals surface area contributed by atoms with Crippen LogP contribution in [0.4, 0.5) is 42.1 Å². The predicted molar refractivity (Wildman–Crippen MR) is 144 cm³/mol. The van der Waals surface area contributed by atoms with Gasteiger partial charge in [-0.3, -0.25) is 9.59 Å². The van der Waals surface area contributed by atoms with Crippen molar-refractivity contribution in [2.75, 3.05) is 17.7 Å². The summed E-state index contributed by atoms with van der Waals surface area (Å²) in [6.45, 7) is 0.